The highest BCUT2D eigenvalue weighted by Crippen LogP contribution is 2.16. The zero-order valence-electron chi connectivity index (χ0n) is 10.1. The van der Waals surface area contributed by atoms with Gasteiger partial charge in [-0.05, 0) is 33.2 Å². The van der Waals surface area contributed by atoms with Crippen LogP contribution in [-0.4, -0.2) is 37.5 Å². The SMILES string of the molecule is CC1(C)OCC(NCCCCC(N)=O)CO1. The van der Waals surface area contributed by atoms with Gasteiger partial charge in [0.1, 0.15) is 0 Å². The molecular weight excluding hydrogens is 208 g/mol. The summed E-state index contributed by atoms with van der Waals surface area (Å²) in [5.74, 6) is -0.685. The average Bonchev–Trinajstić information content (AvgIpc) is 2.19. The normalized spacial score (nSPS) is 20.9. The van der Waals surface area contributed by atoms with Gasteiger partial charge in [-0.1, -0.05) is 0 Å². The molecule has 1 aliphatic heterocycles. The van der Waals surface area contributed by atoms with Crippen molar-refractivity contribution in [3.8, 4) is 0 Å². The van der Waals surface area contributed by atoms with E-state index in [0.717, 1.165) is 19.4 Å². The predicted molar refractivity (Wildman–Crippen MR) is 60.8 cm³/mol. The number of rotatable bonds is 6. The molecule has 0 saturated carbocycles. The first-order valence-corrected chi connectivity index (χ1v) is 5.79. The standard InChI is InChI=1S/C11H22N2O3/c1-11(2)15-7-9(8-16-11)13-6-4-3-5-10(12)14/h9,13H,3-8H2,1-2H3,(H2,12,14). The highest BCUT2D eigenvalue weighted by atomic mass is 16.7. The van der Waals surface area contributed by atoms with Crippen LogP contribution in [-0.2, 0) is 14.3 Å². The maximum absolute atomic E-state index is 10.5. The van der Waals surface area contributed by atoms with Crippen LogP contribution in [0.25, 0.3) is 0 Å². The second kappa shape index (κ2) is 6.18. The summed E-state index contributed by atoms with van der Waals surface area (Å²) in [6.45, 7) is 6.03. The molecule has 5 nitrogen and oxygen atoms in total. The minimum Gasteiger partial charge on any atom is -0.370 e. The fourth-order valence-corrected chi connectivity index (χ4v) is 1.54. The first-order chi connectivity index (χ1) is 7.49. The monoisotopic (exact) mass is 230 g/mol. The van der Waals surface area contributed by atoms with Crippen LogP contribution in [0.15, 0.2) is 0 Å². The number of unbranched alkanes of at least 4 members (excludes halogenated alkanes) is 1. The van der Waals surface area contributed by atoms with Crippen molar-refractivity contribution in [2.24, 2.45) is 5.73 Å². The molecule has 0 bridgehead atoms. The molecule has 1 amide bonds. The highest BCUT2D eigenvalue weighted by Gasteiger charge is 2.27. The Morgan fingerprint density at radius 1 is 1.38 bits per heavy atom. The molecule has 1 saturated heterocycles. The summed E-state index contributed by atoms with van der Waals surface area (Å²) in [4.78, 5) is 10.5. The summed E-state index contributed by atoms with van der Waals surface area (Å²) in [5, 5.41) is 3.33. The molecule has 0 aromatic rings. The molecule has 0 aromatic carbocycles. The van der Waals surface area contributed by atoms with Gasteiger partial charge in [0.2, 0.25) is 5.91 Å². The van der Waals surface area contributed by atoms with Gasteiger partial charge in [-0.25, -0.2) is 0 Å². The van der Waals surface area contributed by atoms with E-state index in [1.165, 1.54) is 0 Å². The number of carbonyl (C=O) groups excluding carboxylic acids is 1. The molecule has 1 fully saturated rings. The molecular formula is C11H22N2O3. The number of carbonyl (C=O) groups is 1. The van der Waals surface area contributed by atoms with Crippen LogP contribution in [0.3, 0.4) is 0 Å². The summed E-state index contributed by atoms with van der Waals surface area (Å²) in [6, 6.07) is 0.251. The topological polar surface area (TPSA) is 73.6 Å². The van der Waals surface area contributed by atoms with Gasteiger partial charge >= 0.3 is 0 Å². The molecule has 3 N–H and O–H groups in total. The van der Waals surface area contributed by atoms with Crippen molar-refractivity contribution in [3.63, 3.8) is 0 Å². The smallest absolute Gasteiger partial charge is 0.217 e. The Hall–Kier alpha value is -0.650. The van der Waals surface area contributed by atoms with Crippen LogP contribution in [0.5, 0.6) is 0 Å². The van der Waals surface area contributed by atoms with E-state index in [4.69, 9.17) is 15.2 Å². The minimum atomic E-state index is -0.454. The largest absolute Gasteiger partial charge is 0.370 e. The third kappa shape index (κ3) is 5.44. The third-order valence-corrected chi connectivity index (χ3v) is 2.55. The van der Waals surface area contributed by atoms with Crippen molar-refractivity contribution < 1.29 is 14.3 Å². The van der Waals surface area contributed by atoms with Crippen molar-refractivity contribution in [2.75, 3.05) is 19.8 Å². The molecule has 94 valence electrons. The van der Waals surface area contributed by atoms with E-state index in [1.54, 1.807) is 0 Å². The van der Waals surface area contributed by atoms with Gasteiger partial charge in [0.05, 0.1) is 19.3 Å². The molecule has 0 spiro atoms. The summed E-state index contributed by atoms with van der Waals surface area (Å²) < 4.78 is 11.0. The Labute approximate surface area is 96.7 Å². The molecule has 1 heterocycles. The predicted octanol–water partition coefficient (Wildman–Crippen LogP) is 0.383. The lowest BCUT2D eigenvalue weighted by atomic mass is 10.2. The number of hydrogen-bond donors (Lipinski definition) is 2. The molecule has 0 radical (unpaired) electrons. The number of hydrogen-bond acceptors (Lipinski definition) is 4. The van der Waals surface area contributed by atoms with Gasteiger partial charge in [-0.2, -0.15) is 0 Å². The summed E-state index contributed by atoms with van der Waals surface area (Å²) >= 11 is 0. The van der Waals surface area contributed by atoms with E-state index in [2.05, 4.69) is 5.32 Å². The lowest BCUT2D eigenvalue weighted by Crippen LogP contribution is -2.48. The van der Waals surface area contributed by atoms with Crippen molar-refractivity contribution in [2.45, 2.75) is 44.9 Å². The zero-order valence-corrected chi connectivity index (χ0v) is 10.1. The van der Waals surface area contributed by atoms with E-state index in [-0.39, 0.29) is 11.9 Å². The van der Waals surface area contributed by atoms with Gasteiger partial charge in [0.15, 0.2) is 5.79 Å². The van der Waals surface area contributed by atoms with Crippen LogP contribution in [0.2, 0.25) is 0 Å². The second-order valence-corrected chi connectivity index (χ2v) is 4.60. The van der Waals surface area contributed by atoms with Crippen molar-refractivity contribution in [3.05, 3.63) is 0 Å². The van der Waals surface area contributed by atoms with Gasteiger partial charge in [-0.15, -0.1) is 0 Å². The fourth-order valence-electron chi connectivity index (χ4n) is 1.54. The second-order valence-electron chi connectivity index (χ2n) is 4.60. The minimum absolute atomic E-state index is 0.230. The molecule has 0 unspecified atom stereocenters. The van der Waals surface area contributed by atoms with Crippen LogP contribution in [0, 0.1) is 0 Å². The molecule has 16 heavy (non-hydrogen) atoms. The Morgan fingerprint density at radius 2 is 2.00 bits per heavy atom. The molecule has 0 atom stereocenters. The van der Waals surface area contributed by atoms with Gasteiger partial charge < -0.3 is 20.5 Å². The first-order valence-electron chi connectivity index (χ1n) is 5.79. The lowest BCUT2D eigenvalue weighted by molar-refractivity contribution is -0.252. The lowest BCUT2D eigenvalue weighted by Gasteiger charge is -2.35. The van der Waals surface area contributed by atoms with E-state index < -0.39 is 5.79 Å². The number of ether oxygens (including phenoxy) is 2. The maximum atomic E-state index is 10.5. The van der Waals surface area contributed by atoms with Crippen molar-refractivity contribution >= 4 is 5.91 Å². The molecule has 1 aliphatic rings. The Morgan fingerprint density at radius 3 is 2.56 bits per heavy atom. The average molecular weight is 230 g/mol. The third-order valence-electron chi connectivity index (χ3n) is 2.55. The Bertz CT molecular complexity index is 221. The van der Waals surface area contributed by atoms with Gasteiger partial charge in [0, 0.05) is 6.42 Å². The summed E-state index contributed by atoms with van der Waals surface area (Å²) in [7, 11) is 0. The Balaban J connectivity index is 2.00. The van der Waals surface area contributed by atoms with Crippen LogP contribution >= 0.6 is 0 Å². The van der Waals surface area contributed by atoms with E-state index >= 15 is 0 Å². The van der Waals surface area contributed by atoms with Crippen molar-refractivity contribution in [1.29, 1.82) is 0 Å². The molecule has 0 aromatic heterocycles. The molecule has 0 aliphatic carbocycles. The number of nitrogens with two attached hydrogens (primary N) is 1. The van der Waals surface area contributed by atoms with Crippen LogP contribution in [0.4, 0.5) is 0 Å². The summed E-state index contributed by atoms with van der Waals surface area (Å²) in [5.41, 5.74) is 5.05. The summed E-state index contributed by atoms with van der Waals surface area (Å²) in [6.07, 6.45) is 2.25. The van der Waals surface area contributed by atoms with Gasteiger partial charge in [-0.3, -0.25) is 4.79 Å². The number of nitrogens with one attached hydrogen (secondary N) is 1. The van der Waals surface area contributed by atoms with E-state index in [9.17, 15) is 4.79 Å². The van der Waals surface area contributed by atoms with Crippen molar-refractivity contribution in [1.82, 2.24) is 5.32 Å². The number of primary amides is 1. The quantitative estimate of drug-likeness (QED) is 0.647. The van der Waals surface area contributed by atoms with E-state index in [0.29, 0.717) is 19.6 Å². The number of amides is 1. The molecule has 1 rings (SSSR count). The maximum Gasteiger partial charge on any atom is 0.217 e. The van der Waals surface area contributed by atoms with Crippen LogP contribution in [0.1, 0.15) is 33.1 Å². The van der Waals surface area contributed by atoms with E-state index in [1.807, 2.05) is 13.8 Å². The van der Waals surface area contributed by atoms with Gasteiger partial charge in [0.25, 0.3) is 0 Å². The fraction of sp³-hybridized carbons (Fsp3) is 0.909. The Kier molecular flexibility index (Phi) is 5.18. The van der Waals surface area contributed by atoms with Crippen LogP contribution < -0.4 is 11.1 Å². The zero-order chi connectivity index (χ0) is 12.0. The molecule has 5 heteroatoms. The first kappa shape index (κ1) is 13.4. The highest BCUT2D eigenvalue weighted by molar-refractivity contribution is 5.73.